The molecule has 0 atom stereocenters. The van der Waals surface area contributed by atoms with E-state index in [2.05, 4.69) is 10.4 Å². The van der Waals surface area contributed by atoms with E-state index >= 15 is 0 Å². The largest absolute Gasteiger partial charge is 0.493 e. The van der Waals surface area contributed by atoms with Gasteiger partial charge in [-0.05, 0) is 43.7 Å². The Bertz CT molecular complexity index is 1060. The Morgan fingerprint density at radius 2 is 1.67 bits per heavy atom. The summed E-state index contributed by atoms with van der Waals surface area (Å²) in [4.78, 5) is 13.0. The standard InChI is InChI=1S/C22H24FN3O4/c1-13-19(14(2)26(25-13)12-15-6-8-16(23)9-7-15)24-22(27)17-10-11-18(28-3)21(30-5)20(17)29-4/h6-11H,12H2,1-5H3,(H,24,27). The van der Waals surface area contributed by atoms with Gasteiger partial charge in [0.15, 0.2) is 11.5 Å². The lowest BCUT2D eigenvalue weighted by molar-refractivity contribution is 0.102. The molecule has 0 bridgehead atoms. The summed E-state index contributed by atoms with van der Waals surface area (Å²) in [5.74, 6) is 0.436. The highest BCUT2D eigenvalue weighted by Gasteiger charge is 2.22. The van der Waals surface area contributed by atoms with Gasteiger partial charge >= 0.3 is 0 Å². The molecule has 1 aromatic heterocycles. The Labute approximate surface area is 174 Å². The molecule has 0 aliphatic heterocycles. The van der Waals surface area contributed by atoms with Gasteiger partial charge in [0.05, 0.1) is 50.5 Å². The molecule has 1 amide bonds. The summed E-state index contributed by atoms with van der Waals surface area (Å²) in [5, 5.41) is 7.43. The predicted molar refractivity (Wildman–Crippen MR) is 111 cm³/mol. The summed E-state index contributed by atoms with van der Waals surface area (Å²) < 4.78 is 30.9. The molecule has 0 fully saturated rings. The van der Waals surface area contributed by atoms with Crippen molar-refractivity contribution in [1.82, 2.24) is 9.78 Å². The minimum Gasteiger partial charge on any atom is -0.493 e. The van der Waals surface area contributed by atoms with Crippen LogP contribution in [0.25, 0.3) is 0 Å². The maximum atomic E-state index is 13.1. The number of nitrogens with one attached hydrogen (secondary N) is 1. The van der Waals surface area contributed by atoms with Crippen LogP contribution in [0.5, 0.6) is 17.2 Å². The highest BCUT2D eigenvalue weighted by molar-refractivity contribution is 6.07. The van der Waals surface area contributed by atoms with Gasteiger partial charge in [0.1, 0.15) is 5.82 Å². The third-order valence-electron chi connectivity index (χ3n) is 4.81. The van der Waals surface area contributed by atoms with Gasteiger partial charge in [-0.3, -0.25) is 9.48 Å². The molecule has 7 nitrogen and oxygen atoms in total. The molecular formula is C22H24FN3O4. The second kappa shape index (κ2) is 8.86. The fraction of sp³-hybridized carbons (Fsp3) is 0.273. The zero-order valence-electron chi connectivity index (χ0n) is 17.6. The molecule has 3 rings (SSSR count). The van der Waals surface area contributed by atoms with E-state index in [-0.39, 0.29) is 17.5 Å². The maximum Gasteiger partial charge on any atom is 0.259 e. The van der Waals surface area contributed by atoms with Crippen molar-refractivity contribution in [2.45, 2.75) is 20.4 Å². The number of nitrogens with zero attached hydrogens (tertiary/aromatic N) is 2. The van der Waals surface area contributed by atoms with Crippen molar-refractivity contribution in [2.75, 3.05) is 26.6 Å². The minimum atomic E-state index is -0.361. The van der Waals surface area contributed by atoms with E-state index in [4.69, 9.17) is 14.2 Å². The number of amides is 1. The van der Waals surface area contributed by atoms with Gasteiger partial charge < -0.3 is 19.5 Å². The lowest BCUT2D eigenvalue weighted by atomic mass is 10.1. The number of aromatic nitrogens is 2. The molecule has 1 heterocycles. The van der Waals surface area contributed by atoms with Crippen LogP contribution in [0.4, 0.5) is 10.1 Å². The van der Waals surface area contributed by atoms with E-state index in [0.717, 1.165) is 11.3 Å². The monoisotopic (exact) mass is 413 g/mol. The van der Waals surface area contributed by atoms with Crippen molar-refractivity contribution >= 4 is 11.6 Å². The van der Waals surface area contributed by atoms with Crippen LogP contribution < -0.4 is 19.5 Å². The summed E-state index contributed by atoms with van der Waals surface area (Å²) in [7, 11) is 4.46. The average molecular weight is 413 g/mol. The second-order valence-electron chi connectivity index (χ2n) is 6.67. The molecule has 0 spiro atoms. The van der Waals surface area contributed by atoms with Gasteiger partial charge in [-0.25, -0.2) is 4.39 Å². The van der Waals surface area contributed by atoms with Crippen LogP contribution in [0.2, 0.25) is 0 Å². The summed E-state index contributed by atoms with van der Waals surface area (Å²) in [5.41, 5.74) is 3.27. The fourth-order valence-corrected chi connectivity index (χ4v) is 3.26. The summed E-state index contributed by atoms with van der Waals surface area (Å²) in [6, 6.07) is 9.49. The molecule has 0 saturated heterocycles. The van der Waals surface area contributed by atoms with Crippen LogP contribution >= 0.6 is 0 Å². The van der Waals surface area contributed by atoms with E-state index in [1.807, 2.05) is 13.8 Å². The molecule has 0 aliphatic rings. The van der Waals surface area contributed by atoms with Crippen molar-refractivity contribution in [3.8, 4) is 17.2 Å². The minimum absolute atomic E-state index is 0.281. The summed E-state index contributed by atoms with van der Waals surface area (Å²) in [6.45, 7) is 4.14. The molecule has 0 radical (unpaired) electrons. The van der Waals surface area contributed by atoms with Crippen LogP contribution in [-0.2, 0) is 6.54 Å². The zero-order valence-corrected chi connectivity index (χ0v) is 17.6. The zero-order chi connectivity index (χ0) is 21.8. The van der Waals surface area contributed by atoms with Gasteiger partial charge in [-0.2, -0.15) is 5.10 Å². The molecule has 1 N–H and O–H groups in total. The molecule has 0 saturated carbocycles. The number of carbonyl (C=O) groups is 1. The van der Waals surface area contributed by atoms with Crippen molar-refractivity contribution in [3.05, 3.63) is 64.7 Å². The van der Waals surface area contributed by atoms with Crippen molar-refractivity contribution in [2.24, 2.45) is 0 Å². The number of carbonyl (C=O) groups excluding carboxylic acids is 1. The number of hydrogen-bond donors (Lipinski definition) is 1. The van der Waals surface area contributed by atoms with Crippen LogP contribution in [0.3, 0.4) is 0 Å². The highest BCUT2D eigenvalue weighted by Crippen LogP contribution is 2.40. The number of rotatable bonds is 7. The van der Waals surface area contributed by atoms with Crippen molar-refractivity contribution in [1.29, 1.82) is 0 Å². The van der Waals surface area contributed by atoms with Crippen LogP contribution in [0, 0.1) is 19.7 Å². The van der Waals surface area contributed by atoms with E-state index in [0.29, 0.717) is 35.0 Å². The first-order valence-electron chi connectivity index (χ1n) is 9.28. The number of hydrogen-bond acceptors (Lipinski definition) is 5. The number of halogens is 1. The summed E-state index contributed by atoms with van der Waals surface area (Å²) in [6.07, 6.45) is 0. The van der Waals surface area contributed by atoms with E-state index in [1.165, 1.54) is 33.5 Å². The molecular weight excluding hydrogens is 389 g/mol. The fourth-order valence-electron chi connectivity index (χ4n) is 3.26. The van der Waals surface area contributed by atoms with Crippen molar-refractivity contribution < 1.29 is 23.4 Å². The lowest BCUT2D eigenvalue weighted by Gasteiger charge is -2.15. The first kappa shape index (κ1) is 21.2. The number of aryl methyl sites for hydroxylation is 1. The predicted octanol–water partition coefficient (Wildman–Crippen LogP) is 3.97. The Kier molecular flexibility index (Phi) is 6.25. The van der Waals surface area contributed by atoms with Gasteiger partial charge in [-0.15, -0.1) is 0 Å². The van der Waals surface area contributed by atoms with Crippen LogP contribution in [0.1, 0.15) is 27.3 Å². The van der Waals surface area contributed by atoms with Gasteiger partial charge in [0.2, 0.25) is 5.75 Å². The van der Waals surface area contributed by atoms with Gasteiger partial charge in [-0.1, -0.05) is 12.1 Å². The molecule has 30 heavy (non-hydrogen) atoms. The molecule has 3 aromatic rings. The van der Waals surface area contributed by atoms with Crippen molar-refractivity contribution in [3.63, 3.8) is 0 Å². The number of anilines is 1. The topological polar surface area (TPSA) is 74.6 Å². The van der Waals surface area contributed by atoms with Crippen LogP contribution in [-0.4, -0.2) is 37.0 Å². The average Bonchev–Trinajstić information content (AvgIpc) is 3.01. The van der Waals surface area contributed by atoms with E-state index in [9.17, 15) is 9.18 Å². The lowest BCUT2D eigenvalue weighted by Crippen LogP contribution is -2.15. The van der Waals surface area contributed by atoms with Crippen LogP contribution in [0.15, 0.2) is 36.4 Å². The second-order valence-corrected chi connectivity index (χ2v) is 6.67. The quantitative estimate of drug-likeness (QED) is 0.635. The molecule has 0 aliphatic carbocycles. The third kappa shape index (κ3) is 4.07. The Hall–Kier alpha value is -3.55. The van der Waals surface area contributed by atoms with E-state index < -0.39 is 0 Å². The first-order valence-corrected chi connectivity index (χ1v) is 9.28. The third-order valence-corrected chi connectivity index (χ3v) is 4.81. The normalized spacial score (nSPS) is 10.6. The maximum absolute atomic E-state index is 13.1. The molecule has 8 heteroatoms. The van der Waals surface area contributed by atoms with Gasteiger partial charge in [0, 0.05) is 0 Å². The smallest absolute Gasteiger partial charge is 0.259 e. The SMILES string of the molecule is COc1ccc(C(=O)Nc2c(C)nn(Cc3ccc(F)cc3)c2C)c(OC)c1OC. The number of benzene rings is 2. The Morgan fingerprint density at radius 3 is 2.27 bits per heavy atom. The molecule has 0 unspecified atom stereocenters. The number of methoxy groups -OCH3 is 3. The Balaban J connectivity index is 1.89. The first-order chi connectivity index (χ1) is 14.4. The Morgan fingerprint density at radius 1 is 1.00 bits per heavy atom. The highest BCUT2D eigenvalue weighted by atomic mass is 19.1. The number of ether oxygens (including phenoxy) is 3. The summed E-state index contributed by atoms with van der Waals surface area (Å²) >= 11 is 0. The molecule has 2 aromatic carbocycles. The van der Waals surface area contributed by atoms with E-state index in [1.54, 1.807) is 28.9 Å². The van der Waals surface area contributed by atoms with Gasteiger partial charge in [0.25, 0.3) is 5.91 Å². The molecule has 158 valence electrons.